The molecule has 168 valence electrons. The van der Waals surface area contributed by atoms with Gasteiger partial charge in [0, 0.05) is 18.0 Å². The van der Waals surface area contributed by atoms with Crippen LogP contribution in [0, 0.1) is 0 Å². The highest BCUT2D eigenvalue weighted by atomic mass is 32.2. The van der Waals surface area contributed by atoms with Crippen LogP contribution in [0.3, 0.4) is 0 Å². The van der Waals surface area contributed by atoms with Crippen LogP contribution in [0.5, 0.6) is 0 Å². The Bertz CT molecular complexity index is 1680. The van der Waals surface area contributed by atoms with Gasteiger partial charge in [0.05, 0.1) is 28.7 Å². The highest BCUT2D eigenvalue weighted by Crippen LogP contribution is 2.29. The van der Waals surface area contributed by atoms with Crippen molar-refractivity contribution < 1.29 is 8.42 Å². The average Bonchev–Trinajstić information content (AvgIpc) is 2.86. The van der Waals surface area contributed by atoms with Gasteiger partial charge in [0.25, 0.3) is 5.56 Å². The van der Waals surface area contributed by atoms with Crippen LogP contribution in [0.15, 0.2) is 107 Å². The van der Waals surface area contributed by atoms with Gasteiger partial charge < -0.3 is 4.57 Å². The number of sulfonamides is 1. The number of nitrogens with zero attached hydrogens (tertiary/aromatic N) is 3. The van der Waals surface area contributed by atoms with Crippen LogP contribution in [0.1, 0.15) is 5.56 Å². The Balaban J connectivity index is 1.57. The molecule has 5 aromatic rings. The molecule has 0 aliphatic rings. The second-order valence-corrected chi connectivity index (χ2v) is 9.39. The first-order valence-corrected chi connectivity index (χ1v) is 12.1. The first kappa shape index (κ1) is 21.7. The summed E-state index contributed by atoms with van der Waals surface area (Å²) in [6, 6.07) is 23.7. The zero-order valence-electron chi connectivity index (χ0n) is 18.0. The number of aromatic nitrogens is 3. The molecule has 34 heavy (non-hydrogen) atoms. The zero-order chi connectivity index (χ0) is 23.7. The molecule has 2 N–H and O–H groups in total. The van der Waals surface area contributed by atoms with E-state index in [0.29, 0.717) is 28.7 Å². The van der Waals surface area contributed by atoms with Crippen LogP contribution in [-0.2, 0) is 16.6 Å². The van der Waals surface area contributed by atoms with Crippen LogP contribution in [0.4, 0.5) is 0 Å². The summed E-state index contributed by atoms with van der Waals surface area (Å²) in [7, 11) is -3.90. The molecular weight excluding hydrogens is 448 g/mol. The van der Waals surface area contributed by atoms with Crippen molar-refractivity contribution in [3.63, 3.8) is 0 Å². The topological polar surface area (TPSA) is 108 Å². The molecule has 3 aromatic carbocycles. The Morgan fingerprint density at radius 3 is 2.41 bits per heavy atom. The second-order valence-electron chi connectivity index (χ2n) is 7.86. The van der Waals surface area contributed by atoms with E-state index in [0.717, 1.165) is 16.7 Å². The molecule has 5 rings (SSSR count). The van der Waals surface area contributed by atoms with E-state index in [2.05, 4.69) is 9.97 Å². The Hall–Kier alpha value is -4.14. The first-order chi connectivity index (χ1) is 16.4. The predicted molar refractivity (Wildman–Crippen MR) is 132 cm³/mol. The van der Waals surface area contributed by atoms with E-state index in [-0.39, 0.29) is 10.5 Å². The third-order valence-electron chi connectivity index (χ3n) is 5.63. The van der Waals surface area contributed by atoms with Crippen molar-refractivity contribution in [1.29, 1.82) is 0 Å². The molecule has 0 radical (unpaired) electrons. The molecule has 0 saturated carbocycles. The third-order valence-corrected chi connectivity index (χ3v) is 6.60. The average molecular weight is 469 g/mol. The smallest absolute Gasteiger partial charge is 0.269 e. The van der Waals surface area contributed by atoms with E-state index in [1.807, 2.05) is 36.4 Å². The van der Waals surface area contributed by atoms with Crippen molar-refractivity contribution in [2.24, 2.45) is 5.14 Å². The number of fused-ring (bicyclic) bond motifs is 1. The minimum Gasteiger partial charge on any atom is -0.301 e. The summed E-state index contributed by atoms with van der Waals surface area (Å²) in [5.41, 5.74) is 5.18. The monoisotopic (exact) mass is 468 g/mol. The molecule has 0 aliphatic heterocycles. The SMILES string of the molecule is NS(=O)(=O)c1ccccc1-c1ccc2c(c1)ncc(=O)n2Cc1cccc(-c2ccncc2)c1. The summed E-state index contributed by atoms with van der Waals surface area (Å²) in [6.07, 6.45) is 4.77. The van der Waals surface area contributed by atoms with E-state index in [1.54, 1.807) is 53.4 Å². The second kappa shape index (κ2) is 8.66. The number of benzene rings is 3. The largest absolute Gasteiger partial charge is 0.301 e. The summed E-state index contributed by atoms with van der Waals surface area (Å²) in [5.74, 6) is 0. The summed E-state index contributed by atoms with van der Waals surface area (Å²) >= 11 is 0. The number of hydrogen-bond acceptors (Lipinski definition) is 5. The van der Waals surface area contributed by atoms with E-state index < -0.39 is 10.0 Å². The molecule has 0 bridgehead atoms. The molecule has 0 spiro atoms. The van der Waals surface area contributed by atoms with Crippen molar-refractivity contribution in [3.8, 4) is 22.3 Å². The van der Waals surface area contributed by atoms with Crippen molar-refractivity contribution in [3.05, 3.63) is 113 Å². The first-order valence-electron chi connectivity index (χ1n) is 10.5. The van der Waals surface area contributed by atoms with Gasteiger partial charge in [-0.1, -0.05) is 42.5 Å². The molecule has 7 nitrogen and oxygen atoms in total. The zero-order valence-corrected chi connectivity index (χ0v) is 18.8. The number of primary sulfonamides is 1. The van der Waals surface area contributed by atoms with Crippen LogP contribution in [0.2, 0.25) is 0 Å². The normalized spacial score (nSPS) is 11.6. The van der Waals surface area contributed by atoms with E-state index in [9.17, 15) is 13.2 Å². The minimum atomic E-state index is -3.90. The van der Waals surface area contributed by atoms with Gasteiger partial charge >= 0.3 is 0 Å². The van der Waals surface area contributed by atoms with Gasteiger partial charge in [-0.25, -0.2) is 18.5 Å². The van der Waals surface area contributed by atoms with Crippen molar-refractivity contribution in [1.82, 2.24) is 14.5 Å². The summed E-state index contributed by atoms with van der Waals surface area (Å²) in [6.45, 7) is 0.365. The third kappa shape index (κ3) is 4.24. The molecular formula is C26H20N4O3S. The molecule has 0 fully saturated rings. The molecule has 2 heterocycles. The molecule has 0 saturated heterocycles. The van der Waals surface area contributed by atoms with Gasteiger partial charge in [-0.2, -0.15) is 0 Å². The van der Waals surface area contributed by atoms with Crippen LogP contribution >= 0.6 is 0 Å². The maximum absolute atomic E-state index is 12.7. The molecule has 0 unspecified atom stereocenters. The van der Waals surface area contributed by atoms with Gasteiger partial charge in [0.1, 0.15) is 0 Å². The quantitative estimate of drug-likeness (QED) is 0.422. The van der Waals surface area contributed by atoms with Crippen molar-refractivity contribution >= 4 is 21.1 Å². The number of nitrogens with two attached hydrogens (primary N) is 1. The van der Waals surface area contributed by atoms with Gasteiger partial charge in [-0.15, -0.1) is 0 Å². The van der Waals surface area contributed by atoms with Gasteiger partial charge in [0.2, 0.25) is 10.0 Å². The molecule has 0 atom stereocenters. The highest BCUT2D eigenvalue weighted by Gasteiger charge is 2.15. The maximum atomic E-state index is 12.7. The van der Waals surface area contributed by atoms with Crippen molar-refractivity contribution in [2.45, 2.75) is 11.4 Å². The van der Waals surface area contributed by atoms with E-state index in [4.69, 9.17) is 5.14 Å². The number of pyridine rings is 1. The molecule has 0 aliphatic carbocycles. The van der Waals surface area contributed by atoms with Gasteiger partial charge in [0.15, 0.2) is 0 Å². The fraction of sp³-hybridized carbons (Fsp3) is 0.0385. The Kier molecular flexibility index (Phi) is 5.53. The maximum Gasteiger partial charge on any atom is 0.269 e. The molecule has 0 amide bonds. The number of hydrogen-bond donors (Lipinski definition) is 1. The summed E-state index contributed by atoms with van der Waals surface area (Å²) in [4.78, 5) is 21.1. The van der Waals surface area contributed by atoms with E-state index >= 15 is 0 Å². The van der Waals surface area contributed by atoms with Crippen LogP contribution in [-0.4, -0.2) is 23.0 Å². The summed E-state index contributed by atoms with van der Waals surface area (Å²) < 4.78 is 25.7. The van der Waals surface area contributed by atoms with Crippen LogP contribution in [0.25, 0.3) is 33.3 Å². The van der Waals surface area contributed by atoms with Crippen molar-refractivity contribution in [2.75, 3.05) is 0 Å². The molecule has 8 heteroatoms. The number of rotatable bonds is 5. The lowest BCUT2D eigenvalue weighted by Crippen LogP contribution is -2.21. The Morgan fingerprint density at radius 1 is 0.824 bits per heavy atom. The molecule has 2 aromatic heterocycles. The van der Waals surface area contributed by atoms with Gasteiger partial charge in [-0.05, 0) is 58.7 Å². The van der Waals surface area contributed by atoms with Crippen LogP contribution < -0.4 is 10.7 Å². The standard InChI is InChI=1S/C26H20N4O3S/c27-34(32,33)25-7-2-1-6-22(25)21-8-9-24-23(15-21)29-16-26(31)30(24)17-18-4-3-5-20(14-18)19-10-12-28-13-11-19/h1-16H,17H2,(H2,27,32,33). The predicted octanol–water partition coefficient (Wildman–Crippen LogP) is 3.82. The Labute approximate surface area is 196 Å². The van der Waals surface area contributed by atoms with Gasteiger partial charge in [-0.3, -0.25) is 9.78 Å². The highest BCUT2D eigenvalue weighted by molar-refractivity contribution is 7.89. The summed E-state index contributed by atoms with van der Waals surface area (Å²) in [5, 5.41) is 5.40. The fourth-order valence-electron chi connectivity index (χ4n) is 4.03. The fourth-order valence-corrected chi connectivity index (χ4v) is 4.79. The van der Waals surface area contributed by atoms with E-state index in [1.165, 1.54) is 12.3 Å². The lowest BCUT2D eigenvalue weighted by molar-refractivity contribution is 0.598. The Morgan fingerprint density at radius 2 is 1.62 bits per heavy atom. The lowest BCUT2D eigenvalue weighted by Gasteiger charge is -2.13. The minimum absolute atomic E-state index is 0.0376. The lowest BCUT2D eigenvalue weighted by atomic mass is 10.0.